The van der Waals surface area contributed by atoms with Crippen molar-refractivity contribution in [2.75, 3.05) is 12.3 Å². The maximum absolute atomic E-state index is 12.5. The normalized spacial score (nSPS) is 18.0. The van der Waals surface area contributed by atoms with Gasteiger partial charge in [-0.25, -0.2) is 0 Å². The van der Waals surface area contributed by atoms with Crippen molar-refractivity contribution in [3.63, 3.8) is 0 Å². The summed E-state index contributed by atoms with van der Waals surface area (Å²) in [6.45, 7) is 2.99. The van der Waals surface area contributed by atoms with Crippen molar-refractivity contribution in [2.45, 2.75) is 37.4 Å². The predicted octanol–water partition coefficient (Wildman–Crippen LogP) is 3.63. The van der Waals surface area contributed by atoms with Crippen LogP contribution in [0.3, 0.4) is 0 Å². The summed E-state index contributed by atoms with van der Waals surface area (Å²) in [6, 6.07) is 7.89. The Kier molecular flexibility index (Phi) is 5.46. The highest BCUT2D eigenvalue weighted by atomic mass is 35.5. The van der Waals surface area contributed by atoms with E-state index in [0.717, 1.165) is 30.1 Å². The number of aromatic nitrogens is 3. The molecule has 24 heavy (non-hydrogen) atoms. The van der Waals surface area contributed by atoms with Crippen LogP contribution in [0.25, 0.3) is 11.4 Å². The van der Waals surface area contributed by atoms with Gasteiger partial charge in [-0.15, -0.1) is 10.2 Å². The number of likely N-dealkylation sites (tertiary alicyclic amines) is 1. The second-order valence-electron chi connectivity index (χ2n) is 6.07. The lowest BCUT2D eigenvalue weighted by Gasteiger charge is -2.33. The van der Waals surface area contributed by atoms with E-state index in [1.54, 1.807) is 0 Å². The third-order valence-electron chi connectivity index (χ3n) is 4.40. The van der Waals surface area contributed by atoms with Gasteiger partial charge in [-0.05, 0) is 38.3 Å². The summed E-state index contributed by atoms with van der Waals surface area (Å²) in [5, 5.41) is 9.82. The van der Waals surface area contributed by atoms with Crippen LogP contribution in [0, 0.1) is 0 Å². The van der Waals surface area contributed by atoms with Crippen molar-refractivity contribution in [3.05, 3.63) is 29.3 Å². The maximum Gasteiger partial charge on any atom is 0.233 e. The molecule has 1 aliphatic rings. The average Bonchev–Trinajstić information content (AvgIpc) is 2.94. The topological polar surface area (TPSA) is 51.0 Å². The second-order valence-corrected chi connectivity index (χ2v) is 7.42. The van der Waals surface area contributed by atoms with E-state index in [1.165, 1.54) is 18.2 Å². The number of thioether (sulfide) groups is 1. The highest BCUT2D eigenvalue weighted by Crippen LogP contribution is 2.28. The minimum atomic E-state index is 0.175. The molecule has 0 N–H and O–H groups in total. The quantitative estimate of drug-likeness (QED) is 0.777. The van der Waals surface area contributed by atoms with Crippen molar-refractivity contribution in [2.24, 2.45) is 7.05 Å². The molecule has 1 aliphatic heterocycles. The molecule has 2 heterocycles. The number of hydrogen-bond acceptors (Lipinski definition) is 4. The van der Waals surface area contributed by atoms with Gasteiger partial charge in [0.15, 0.2) is 11.0 Å². The molecular weight excluding hydrogens is 344 g/mol. The Labute approximate surface area is 151 Å². The summed E-state index contributed by atoms with van der Waals surface area (Å²) in [5.74, 6) is 1.27. The van der Waals surface area contributed by atoms with Crippen molar-refractivity contribution < 1.29 is 4.79 Å². The van der Waals surface area contributed by atoms with Crippen molar-refractivity contribution in [1.29, 1.82) is 0 Å². The lowest BCUT2D eigenvalue weighted by Crippen LogP contribution is -2.42. The maximum atomic E-state index is 12.5. The van der Waals surface area contributed by atoms with E-state index in [1.807, 2.05) is 40.8 Å². The fraction of sp³-hybridized carbons (Fsp3) is 0.471. The number of amides is 1. The van der Waals surface area contributed by atoms with Crippen LogP contribution >= 0.6 is 23.4 Å². The molecule has 0 radical (unpaired) electrons. The molecule has 0 unspecified atom stereocenters. The summed E-state index contributed by atoms with van der Waals surface area (Å²) in [5.41, 5.74) is 0.844. The zero-order valence-corrected chi connectivity index (χ0v) is 15.5. The van der Waals surface area contributed by atoms with E-state index < -0.39 is 0 Å². The Balaban J connectivity index is 1.69. The van der Waals surface area contributed by atoms with Crippen LogP contribution in [0.15, 0.2) is 29.4 Å². The summed E-state index contributed by atoms with van der Waals surface area (Å²) >= 11 is 7.66. The van der Waals surface area contributed by atoms with Crippen LogP contribution in [0.2, 0.25) is 5.02 Å². The monoisotopic (exact) mass is 364 g/mol. The molecule has 1 aromatic heterocycles. The van der Waals surface area contributed by atoms with E-state index >= 15 is 0 Å². The van der Waals surface area contributed by atoms with Gasteiger partial charge in [0.25, 0.3) is 0 Å². The van der Waals surface area contributed by atoms with Gasteiger partial charge in [0.2, 0.25) is 5.91 Å². The molecule has 0 saturated carbocycles. The summed E-state index contributed by atoms with van der Waals surface area (Å²) in [4.78, 5) is 14.4. The van der Waals surface area contributed by atoms with E-state index in [4.69, 9.17) is 11.6 Å². The number of halogens is 1. The summed E-state index contributed by atoms with van der Waals surface area (Å²) < 4.78 is 1.89. The molecule has 1 fully saturated rings. The number of piperidine rings is 1. The fourth-order valence-corrected chi connectivity index (χ4v) is 4.01. The lowest BCUT2D eigenvalue weighted by molar-refractivity contribution is -0.131. The molecule has 128 valence electrons. The molecule has 2 aromatic rings. The number of hydrogen-bond donors (Lipinski definition) is 0. The Morgan fingerprint density at radius 2 is 2.12 bits per heavy atom. The smallest absolute Gasteiger partial charge is 0.233 e. The first kappa shape index (κ1) is 17.3. The van der Waals surface area contributed by atoms with Gasteiger partial charge in [-0.2, -0.15) is 0 Å². The fourth-order valence-electron chi connectivity index (χ4n) is 3.00. The van der Waals surface area contributed by atoms with Gasteiger partial charge in [-0.3, -0.25) is 4.79 Å². The average molecular weight is 365 g/mol. The SMILES string of the molecule is C[C@@H]1CCCCN1C(=O)CSc1nnc(-c2ccccc2Cl)n1C. The molecule has 0 aliphatic carbocycles. The summed E-state index contributed by atoms with van der Waals surface area (Å²) in [7, 11) is 1.90. The van der Waals surface area contributed by atoms with E-state index in [9.17, 15) is 4.79 Å². The Morgan fingerprint density at radius 3 is 2.88 bits per heavy atom. The molecule has 1 atom stereocenters. The minimum absolute atomic E-state index is 0.175. The predicted molar refractivity (Wildman–Crippen MR) is 97.2 cm³/mol. The number of rotatable bonds is 4. The first-order chi connectivity index (χ1) is 11.6. The Morgan fingerprint density at radius 1 is 1.33 bits per heavy atom. The molecule has 1 amide bonds. The number of carbonyl (C=O) groups is 1. The molecule has 1 aromatic carbocycles. The van der Waals surface area contributed by atoms with Crippen molar-refractivity contribution in [3.8, 4) is 11.4 Å². The first-order valence-electron chi connectivity index (χ1n) is 8.14. The largest absolute Gasteiger partial charge is 0.339 e. The molecule has 0 bridgehead atoms. The van der Waals surface area contributed by atoms with Gasteiger partial charge >= 0.3 is 0 Å². The Bertz CT molecular complexity index is 733. The molecule has 0 spiro atoms. The van der Waals surface area contributed by atoms with Crippen molar-refractivity contribution in [1.82, 2.24) is 19.7 Å². The third-order valence-corrected chi connectivity index (χ3v) is 5.73. The van der Waals surface area contributed by atoms with Crippen LogP contribution in [0.5, 0.6) is 0 Å². The summed E-state index contributed by atoms with van der Waals surface area (Å²) in [6.07, 6.45) is 3.40. The zero-order valence-electron chi connectivity index (χ0n) is 13.9. The second kappa shape index (κ2) is 7.57. The zero-order chi connectivity index (χ0) is 17.1. The molecule has 1 saturated heterocycles. The van der Waals surface area contributed by atoms with Crippen LogP contribution in [0.4, 0.5) is 0 Å². The first-order valence-corrected chi connectivity index (χ1v) is 9.51. The lowest BCUT2D eigenvalue weighted by atomic mass is 10.0. The van der Waals surface area contributed by atoms with Crippen LogP contribution < -0.4 is 0 Å². The molecule has 5 nitrogen and oxygen atoms in total. The van der Waals surface area contributed by atoms with Gasteiger partial charge < -0.3 is 9.47 Å². The van der Waals surface area contributed by atoms with Gasteiger partial charge in [0, 0.05) is 25.2 Å². The van der Waals surface area contributed by atoms with Gasteiger partial charge in [0.1, 0.15) is 0 Å². The number of benzene rings is 1. The van der Waals surface area contributed by atoms with Crippen molar-refractivity contribution >= 4 is 29.3 Å². The number of nitrogens with zero attached hydrogens (tertiary/aromatic N) is 4. The van der Waals surface area contributed by atoms with Crippen LogP contribution in [-0.2, 0) is 11.8 Å². The van der Waals surface area contributed by atoms with E-state index in [2.05, 4.69) is 17.1 Å². The molecule has 7 heteroatoms. The third kappa shape index (κ3) is 3.59. The van der Waals surface area contributed by atoms with Gasteiger partial charge in [-0.1, -0.05) is 35.5 Å². The minimum Gasteiger partial charge on any atom is -0.339 e. The van der Waals surface area contributed by atoms with Crippen LogP contribution in [0.1, 0.15) is 26.2 Å². The van der Waals surface area contributed by atoms with E-state index in [0.29, 0.717) is 22.6 Å². The number of carbonyl (C=O) groups excluding carboxylic acids is 1. The molecular formula is C17H21ClN4OS. The van der Waals surface area contributed by atoms with Crippen LogP contribution in [-0.4, -0.2) is 43.9 Å². The van der Waals surface area contributed by atoms with Gasteiger partial charge in [0.05, 0.1) is 10.8 Å². The highest BCUT2D eigenvalue weighted by molar-refractivity contribution is 7.99. The standard InChI is InChI=1S/C17H21ClN4OS/c1-12-7-5-6-10-22(12)15(23)11-24-17-20-19-16(21(17)2)13-8-3-4-9-14(13)18/h3-4,8-9,12H,5-7,10-11H2,1-2H3/t12-/m1/s1. The Hall–Kier alpha value is -1.53. The molecule has 3 rings (SSSR count). The van der Waals surface area contributed by atoms with E-state index in [-0.39, 0.29) is 5.91 Å². The highest BCUT2D eigenvalue weighted by Gasteiger charge is 2.23.